The summed E-state index contributed by atoms with van der Waals surface area (Å²) >= 11 is 0. The van der Waals surface area contributed by atoms with Gasteiger partial charge in [0.2, 0.25) is 0 Å². The molecule has 0 atom stereocenters. The number of carbonyl (C=O) groups is 1. The van der Waals surface area contributed by atoms with Gasteiger partial charge in [-0.2, -0.15) is 8.78 Å². The van der Waals surface area contributed by atoms with E-state index >= 15 is 0 Å². The number of rotatable bonds is 6. The summed E-state index contributed by atoms with van der Waals surface area (Å²) in [6.45, 7) is -2.93. The van der Waals surface area contributed by atoms with Crippen molar-refractivity contribution in [3.05, 3.63) is 42.2 Å². The first-order chi connectivity index (χ1) is 11.5. The number of ether oxygens (including phenoxy) is 2. The smallest absolute Gasteiger partial charge is 0.387 e. The van der Waals surface area contributed by atoms with Crippen LogP contribution in [0, 0.1) is 0 Å². The van der Waals surface area contributed by atoms with E-state index in [2.05, 4.69) is 9.72 Å². The third-order valence-electron chi connectivity index (χ3n) is 4.15. The molecule has 0 spiro atoms. The molecule has 5 nitrogen and oxygen atoms in total. The van der Waals surface area contributed by atoms with Gasteiger partial charge in [0.05, 0.1) is 18.7 Å². The van der Waals surface area contributed by atoms with Crippen molar-refractivity contribution in [3.63, 3.8) is 0 Å². The molecule has 0 radical (unpaired) electrons. The number of alkyl halides is 2. The van der Waals surface area contributed by atoms with Gasteiger partial charge >= 0.3 is 12.6 Å². The highest BCUT2D eigenvalue weighted by Crippen LogP contribution is 2.52. The second-order valence-corrected chi connectivity index (χ2v) is 5.59. The maximum Gasteiger partial charge on any atom is 0.387 e. The predicted molar refractivity (Wildman–Crippen MR) is 81.4 cm³/mol. The minimum atomic E-state index is -2.93. The Bertz CT molecular complexity index is 775. The second kappa shape index (κ2) is 6.07. The average molecular weight is 335 g/mol. The first-order valence-corrected chi connectivity index (χ1v) is 7.28. The molecule has 1 aromatic heterocycles. The highest BCUT2D eigenvalue weighted by Gasteiger charge is 2.53. The Hall–Kier alpha value is -2.70. The van der Waals surface area contributed by atoms with Crippen molar-refractivity contribution in [2.75, 3.05) is 7.11 Å². The molecular formula is C17H15F2NO4. The monoisotopic (exact) mass is 335 g/mol. The number of hydrogen-bond acceptors (Lipinski definition) is 4. The van der Waals surface area contributed by atoms with Crippen molar-refractivity contribution < 1.29 is 28.2 Å². The maximum atomic E-state index is 12.3. The minimum absolute atomic E-state index is 0.0563. The lowest BCUT2D eigenvalue weighted by Gasteiger charge is -2.16. The van der Waals surface area contributed by atoms with Gasteiger partial charge in [-0.3, -0.25) is 9.78 Å². The molecule has 126 valence electrons. The summed E-state index contributed by atoms with van der Waals surface area (Å²) in [6.07, 6.45) is 3.77. The summed E-state index contributed by atoms with van der Waals surface area (Å²) in [5, 5.41) is 9.51. The van der Waals surface area contributed by atoms with E-state index in [9.17, 15) is 18.7 Å². The fourth-order valence-corrected chi connectivity index (χ4v) is 2.73. The van der Waals surface area contributed by atoms with Gasteiger partial charge in [0.15, 0.2) is 0 Å². The number of aromatic nitrogens is 1. The highest BCUT2D eigenvalue weighted by molar-refractivity contribution is 5.87. The van der Waals surface area contributed by atoms with Crippen LogP contribution in [-0.4, -0.2) is 29.8 Å². The van der Waals surface area contributed by atoms with Crippen LogP contribution in [-0.2, 0) is 10.2 Å². The van der Waals surface area contributed by atoms with E-state index in [-0.39, 0.29) is 5.75 Å². The van der Waals surface area contributed by atoms with Gasteiger partial charge in [-0.15, -0.1) is 0 Å². The Morgan fingerprint density at radius 3 is 2.58 bits per heavy atom. The molecule has 0 saturated heterocycles. The van der Waals surface area contributed by atoms with Gasteiger partial charge in [-0.1, -0.05) is 6.07 Å². The van der Waals surface area contributed by atoms with Crippen molar-refractivity contribution in [3.8, 4) is 22.6 Å². The van der Waals surface area contributed by atoms with Crippen LogP contribution in [0.1, 0.15) is 18.4 Å². The maximum absolute atomic E-state index is 12.3. The summed E-state index contributed by atoms with van der Waals surface area (Å²) in [5.41, 5.74) is 0.852. The lowest BCUT2D eigenvalue weighted by Crippen LogP contribution is -2.20. The van der Waals surface area contributed by atoms with E-state index in [0.29, 0.717) is 35.3 Å². The Labute approximate surface area is 136 Å². The molecule has 0 amide bonds. The van der Waals surface area contributed by atoms with Crippen molar-refractivity contribution in [1.29, 1.82) is 0 Å². The molecule has 7 heteroatoms. The van der Waals surface area contributed by atoms with Gasteiger partial charge in [0.1, 0.15) is 11.5 Å². The molecule has 1 aromatic carbocycles. The average Bonchev–Trinajstić information content (AvgIpc) is 3.36. The van der Waals surface area contributed by atoms with E-state index in [1.165, 1.54) is 25.6 Å². The van der Waals surface area contributed by atoms with E-state index in [0.717, 1.165) is 0 Å². The van der Waals surface area contributed by atoms with Crippen LogP contribution in [0.15, 0.2) is 36.7 Å². The van der Waals surface area contributed by atoms with Gasteiger partial charge in [-0.05, 0) is 36.6 Å². The Morgan fingerprint density at radius 2 is 2.00 bits per heavy atom. The lowest BCUT2D eigenvalue weighted by atomic mass is 9.92. The zero-order valence-electron chi connectivity index (χ0n) is 12.8. The van der Waals surface area contributed by atoms with Crippen molar-refractivity contribution in [2.24, 2.45) is 0 Å². The van der Waals surface area contributed by atoms with Crippen LogP contribution in [0.4, 0.5) is 8.78 Å². The van der Waals surface area contributed by atoms with Gasteiger partial charge in [-0.25, -0.2) is 0 Å². The number of carboxylic acids is 1. The molecular weight excluding hydrogens is 320 g/mol. The van der Waals surface area contributed by atoms with Crippen molar-refractivity contribution in [2.45, 2.75) is 24.9 Å². The summed E-state index contributed by atoms with van der Waals surface area (Å²) in [4.78, 5) is 15.5. The quantitative estimate of drug-likeness (QED) is 0.875. The number of benzene rings is 1. The van der Waals surface area contributed by atoms with E-state index in [4.69, 9.17) is 4.74 Å². The molecule has 1 aliphatic carbocycles. The largest absolute Gasteiger partial charge is 0.496 e. The van der Waals surface area contributed by atoms with E-state index in [1.54, 1.807) is 18.2 Å². The number of methoxy groups -OCH3 is 1. The zero-order valence-corrected chi connectivity index (χ0v) is 12.8. The van der Waals surface area contributed by atoms with E-state index in [1.807, 2.05) is 0 Å². The van der Waals surface area contributed by atoms with Crippen LogP contribution < -0.4 is 9.47 Å². The Kier molecular flexibility index (Phi) is 4.09. The normalized spacial score (nSPS) is 15.2. The molecule has 1 aliphatic rings. The minimum Gasteiger partial charge on any atom is -0.496 e. The highest BCUT2D eigenvalue weighted by atomic mass is 19.3. The van der Waals surface area contributed by atoms with Crippen LogP contribution in [0.5, 0.6) is 11.5 Å². The molecule has 1 heterocycles. The number of pyridine rings is 1. The summed E-state index contributed by atoms with van der Waals surface area (Å²) in [5.74, 6) is -0.461. The third-order valence-corrected chi connectivity index (χ3v) is 4.15. The molecule has 1 N–H and O–H groups in total. The standard InChI is InChI=1S/C17H15F2NO4/c1-23-14-3-2-10(7-13(14)17(4-5-17)15(21)22)11-6-12(9-20-8-11)24-16(18)19/h2-3,6-9,16H,4-5H2,1H3,(H,21,22). The molecule has 1 saturated carbocycles. The molecule has 0 unspecified atom stereocenters. The number of nitrogens with zero attached hydrogens (tertiary/aromatic N) is 1. The van der Waals surface area contributed by atoms with Gasteiger partial charge in [0.25, 0.3) is 0 Å². The lowest BCUT2D eigenvalue weighted by molar-refractivity contribution is -0.140. The molecule has 2 aromatic rings. The fourth-order valence-electron chi connectivity index (χ4n) is 2.73. The first kappa shape index (κ1) is 16.2. The van der Waals surface area contributed by atoms with Crippen LogP contribution >= 0.6 is 0 Å². The topological polar surface area (TPSA) is 68.7 Å². The first-order valence-electron chi connectivity index (χ1n) is 7.28. The van der Waals surface area contributed by atoms with Gasteiger partial charge < -0.3 is 14.6 Å². The molecule has 24 heavy (non-hydrogen) atoms. The van der Waals surface area contributed by atoms with Gasteiger partial charge in [0, 0.05) is 17.3 Å². The fraction of sp³-hybridized carbons (Fsp3) is 0.294. The van der Waals surface area contributed by atoms with Crippen molar-refractivity contribution in [1.82, 2.24) is 4.98 Å². The Balaban J connectivity index is 2.03. The van der Waals surface area contributed by atoms with Crippen molar-refractivity contribution >= 4 is 5.97 Å². The number of hydrogen-bond donors (Lipinski definition) is 1. The molecule has 0 bridgehead atoms. The summed E-state index contributed by atoms with van der Waals surface area (Å²) < 4.78 is 34.3. The number of halogens is 2. The number of carboxylic acid groups (broad SMARTS) is 1. The third kappa shape index (κ3) is 2.89. The SMILES string of the molecule is COc1ccc(-c2cncc(OC(F)F)c2)cc1C1(C(=O)O)CC1. The predicted octanol–water partition coefficient (Wildman–Crippen LogP) is 3.47. The molecule has 3 rings (SSSR count). The summed E-state index contributed by atoms with van der Waals surface area (Å²) in [6, 6.07) is 6.55. The van der Waals surface area contributed by atoms with Crippen LogP contribution in [0.25, 0.3) is 11.1 Å². The number of aliphatic carboxylic acids is 1. The van der Waals surface area contributed by atoms with Crippen LogP contribution in [0.2, 0.25) is 0 Å². The van der Waals surface area contributed by atoms with E-state index < -0.39 is 18.0 Å². The summed E-state index contributed by atoms with van der Waals surface area (Å²) in [7, 11) is 1.48. The van der Waals surface area contributed by atoms with Crippen LogP contribution in [0.3, 0.4) is 0 Å². The Morgan fingerprint density at radius 1 is 1.25 bits per heavy atom. The zero-order chi connectivity index (χ0) is 17.3. The second-order valence-electron chi connectivity index (χ2n) is 5.59. The molecule has 1 fully saturated rings. The molecule has 0 aliphatic heterocycles.